The largest absolute Gasteiger partial charge is 0.497 e. The second-order valence-corrected chi connectivity index (χ2v) is 7.31. The van der Waals surface area contributed by atoms with Crippen LogP contribution in [0.25, 0.3) is 0 Å². The summed E-state index contributed by atoms with van der Waals surface area (Å²) in [5, 5.41) is 13.1. The second-order valence-electron chi connectivity index (χ2n) is 7.31. The van der Waals surface area contributed by atoms with Crippen molar-refractivity contribution in [1.29, 1.82) is 0 Å². The van der Waals surface area contributed by atoms with Gasteiger partial charge in [-0.1, -0.05) is 6.92 Å². The van der Waals surface area contributed by atoms with Crippen LogP contribution in [0.3, 0.4) is 0 Å². The number of H-pyrrole nitrogens is 1. The molecule has 3 rings (SSSR count). The average Bonchev–Trinajstić information content (AvgIpc) is 3.12. The Bertz CT molecular complexity index is 1020. The molecular formula is C21H27N3O7. The van der Waals surface area contributed by atoms with E-state index in [1.165, 1.54) is 25.0 Å². The molecule has 2 aromatic rings. The van der Waals surface area contributed by atoms with Crippen LogP contribution in [-0.2, 0) is 22.4 Å². The van der Waals surface area contributed by atoms with Crippen LogP contribution < -0.4 is 26.0 Å². The molecule has 1 aromatic carbocycles. The van der Waals surface area contributed by atoms with Crippen LogP contribution >= 0.6 is 0 Å². The van der Waals surface area contributed by atoms with Crippen molar-refractivity contribution in [3.8, 4) is 11.5 Å². The molecule has 0 saturated carbocycles. The van der Waals surface area contributed by atoms with Gasteiger partial charge >= 0.3 is 5.69 Å². The number of nitrogens with one attached hydrogen (secondary N) is 2. The molecule has 0 spiro atoms. The van der Waals surface area contributed by atoms with E-state index < -0.39 is 29.7 Å². The van der Waals surface area contributed by atoms with E-state index in [0.717, 1.165) is 0 Å². The predicted molar refractivity (Wildman–Crippen MR) is 111 cm³/mol. The minimum Gasteiger partial charge on any atom is -0.497 e. The number of methoxy groups -OCH3 is 2. The zero-order chi connectivity index (χ0) is 22.5. The molecule has 0 aliphatic carbocycles. The minimum absolute atomic E-state index is 0.0797. The summed E-state index contributed by atoms with van der Waals surface area (Å²) in [7, 11) is 3.07. The van der Waals surface area contributed by atoms with E-state index in [4.69, 9.17) is 14.2 Å². The Morgan fingerprint density at radius 2 is 1.94 bits per heavy atom. The fourth-order valence-electron chi connectivity index (χ4n) is 3.49. The number of amides is 1. The quantitative estimate of drug-likeness (QED) is 0.539. The van der Waals surface area contributed by atoms with E-state index in [-0.39, 0.29) is 25.3 Å². The summed E-state index contributed by atoms with van der Waals surface area (Å²) in [6.07, 6.45) is -0.102. The number of hydrogen-bond acceptors (Lipinski definition) is 7. The van der Waals surface area contributed by atoms with E-state index in [2.05, 4.69) is 10.3 Å². The van der Waals surface area contributed by atoms with Crippen LogP contribution in [0.2, 0.25) is 0 Å². The first-order valence-corrected chi connectivity index (χ1v) is 10.0. The highest BCUT2D eigenvalue weighted by molar-refractivity contribution is 5.78. The Morgan fingerprint density at radius 3 is 2.55 bits per heavy atom. The highest BCUT2D eigenvalue weighted by Gasteiger charge is 2.35. The molecular weight excluding hydrogens is 406 g/mol. The number of carbonyl (C=O) groups is 1. The third-order valence-electron chi connectivity index (χ3n) is 5.21. The van der Waals surface area contributed by atoms with Gasteiger partial charge in [-0.25, -0.2) is 4.79 Å². The molecule has 0 unspecified atom stereocenters. The topological polar surface area (TPSA) is 132 Å². The Kier molecular flexibility index (Phi) is 7.13. The zero-order valence-corrected chi connectivity index (χ0v) is 17.7. The van der Waals surface area contributed by atoms with E-state index in [0.29, 0.717) is 29.0 Å². The van der Waals surface area contributed by atoms with Crippen molar-refractivity contribution in [2.75, 3.05) is 20.8 Å². The van der Waals surface area contributed by atoms with Crippen LogP contribution in [0, 0.1) is 0 Å². The van der Waals surface area contributed by atoms with Crippen LogP contribution in [0.4, 0.5) is 0 Å². The Hall–Kier alpha value is -3.11. The van der Waals surface area contributed by atoms with E-state index >= 15 is 0 Å². The molecule has 2 heterocycles. The van der Waals surface area contributed by atoms with Gasteiger partial charge in [0.05, 0.1) is 26.7 Å². The SMILES string of the molecule is CCc1cn([C@H]2C[C@H](O)[C@@H](CNC(=O)Cc3cc(OC)cc(OC)c3)O2)c(=O)[nH]c1=O. The number of ether oxygens (including phenoxy) is 3. The maximum atomic E-state index is 12.4. The summed E-state index contributed by atoms with van der Waals surface area (Å²) < 4.78 is 17.5. The summed E-state index contributed by atoms with van der Waals surface area (Å²) in [6.45, 7) is 1.89. The lowest BCUT2D eigenvalue weighted by Crippen LogP contribution is -2.38. The first kappa shape index (κ1) is 22.6. The normalized spacial score (nSPS) is 20.5. The number of hydrogen-bond donors (Lipinski definition) is 3. The van der Waals surface area contributed by atoms with Crippen LogP contribution in [0.15, 0.2) is 34.0 Å². The number of carbonyl (C=O) groups excluding carboxylic acids is 1. The fraction of sp³-hybridized carbons (Fsp3) is 0.476. The number of aliphatic hydroxyl groups is 1. The molecule has 10 heteroatoms. The maximum absolute atomic E-state index is 12.4. The number of benzene rings is 1. The van der Waals surface area contributed by atoms with Gasteiger partial charge in [0, 0.05) is 30.8 Å². The summed E-state index contributed by atoms with van der Waals surface area (Å²) in [4.78, 5) is 38.5. The lowest BCUT2D eigenvalue weighted by molar-refractivity contribution is -0.121. The molecule has 0 radical (unpaired) electrons. The summed E-state index contributed by atoms with van der Waals surface area (Å²) in [6, 6.07) is 5.20. The first-order chi connectivity index (χ1) is 14.8. The first-order valence-electron chi connectivity index (χ1n) is 10.0. The highest BCUT2D eigenvalue weighted by atomic mass is 16.5. The van der Waals surface area contributed by atoms with Crippen LogP contribution in [0.1, 0.15) is 30.7 Å². The summed E-state index contributed by atoms with van der Waals surface area (Å²) in [5.74, 6) is 0.902. The molecule has 1 fully saturated rings. The molecule has 168 valence electrons. The molecule has 1 amide bonds. The van der Waals surface area contributed by atoms with E-state index in [1.54, 1.807) is 25.1 Å². The van der Waals surface area contributed by atoms with Crippen molar-refractivity contribution in [3.63, 3.8) is 0 Å². The number of nitrogens with zero attached hydrogens (tertiary/aromatic N) is 1. The molecule has 1 aliphatic rings. The smallest absolute Gasteiger partial charge is 0.330 e. The van der Waals surface area contributed by atoms with Crippen LogP contribution in [-0.4, -0.2) is 53.5 Å². The van der Waals surface area contributed by atoms with Gasteiger partial charge in [0.2, 0.25) is 5.91 Å². The number of rotatable bonds is 8. The number of aromatic amines is 1. The molecule has 1 aromatic heterocycles. The van der Waals surface area contributed by atoms with Gasteiger partial charge in [0.25, 0.3) is 5.56 Å². The fourth-order valence-corrected chi connectivity index (χ4v) is 3.49. The lowest BCUT2D eigenvalue weighted by atomic mass is 10.1. The molecule has 3 atom stereocenters. The Balaban J connectivity index is 1.61. The Labute approximate surface area is 178 Å². The van der Waals surface area contributed by atoms with Crippen molar-refractivity contribution < 1.29 is 24.1 Å². The molecule has 31 heavy (non-hydrogen) atoms. The lowest BCUT2D eigenvalue weighted by Gasteiger charge is -2.17. The van der Waals surface area contributed by atoms with Crippen molar-refractivity contribution in [1.82, 2.24) is 14.9 Å². The third kappa shape index (κ3) is 5.33. The van der Waals surface area contributed by atoms with Crippen molar-refractivity contribution in [2.24, 2.45) is 0 Å². The Morgan fingerprint density at radius 1 is 1.26 bits per heavy atom. The maximum Gasteiger partial charge on any atom is 0.330 e. The van der Waals surface area contributed by atoms with Crippen molar-refractivity contribution in [3.05, 3.63) is 56.4 Å². The van der Waals surface area contributed by atoms with Gasteiger partial charge in [-0.3, -0.25) is 19.1 Å². The summed E-state index contributed by atoms with van der Waals surface area (Å²) >= 11 is 0. The minimum atomic E-state index is -0.869. The van der Waals surface area contributed by atoms with Gasteiger partial charge < -0.3 is 24.6 Å². The monoisotopic (exact) mass is 433 g/mol. The van der Waals surface area contributed by atoms with Crippen molar-refractivity contribution in [2.45, 2.75) is 44.6 Å². The van der Waals surface area contributed by atoms with Gasteiger partial charge in [0.1, 0.15) is 23.8 Å². The molecule has 10 nitrogen and oxygen atoms in total. The summed E-state index contributed by atoms with van der Waals surface area (Å²) in [5.41, 5.74) is 0.130. The standard InChI is InChI=1S/C21H27N3O7/c1-4-13-11-24(21(28)23-20(13)27)19-9-16(25)17(31-19)10-22-18(26)7-12-5-14(29-2)8-15(6-12)30-3/h5-6,8,11,16-17,19,25H,4,7,9-10H2,1-3H3,(H,22,26)(H,23,27,28)/t16-,17+,19+/m0/s1. The number of aromatic nitrogens is 2. The van der Waals surface area contributed by atoms with E-state index in [9.17, 15) is 19.5 Å². The highest BCUT2D eigenvalue weighted by Crippen LogP contribution is 2.27. The second kappa shape index (κ2) is 9.80. The number of aliphatic hydroxyl groups excluding tert-OH is 1. The molecule has 1 saturated heterocycles. The predicted octanol–water partition coefficient (Wildman–Crippen LogP) is 0.124. The molecule has 3 N–H and O–H groups in total. The average molecular weight is 433 g/mol. The van der Waals surface area contributed by atoms with Gasteiger partial charge in [-0.05, 0) is 24.1 Å². The molecule has 0 bridgehead atoms. The molecule has 1 aliphatic heterocycles. The number of aryl methyl sites for hydroxylation is 1. The van der Waals surface area contributed by atoms with Gasteiger partial charge in [-0.2, -0.15) is 0 Å². The van der Waals surface area contributed by atoms with Crippen LogP contribution in [0.5, 0.6) is 11.5 Å². The van der Waals surface area contributed by atoms with Crippen molar-refractivity contribution >= 4 is 5.91 Å². The zero-order valence-electron chi connectivity index (χ0n) is 17.7. The van der Waals surface area contributed by atoms with Gasteiger partial charge in [0.15, 0.2) is 0 Å². The van der Waals surface area contributed by atoms with Gasteiger partial charge in [-0.15, -0.1) is 0 Å². The third-order valence-corrected chi connectivity index (χ3v) is 5.21. The van der Waals surface area contributed by atoms with E-state index in [1.807, 2.05) is 0 Å².